The first-order valence-corrected chi connectivity index (χ1v) is 3.89. The van der Waals surface area contributed by atoms with Crippen LogP contribution in [0.4, 0.5) is 4.39 Å². The summed E-state index contributed by atoms with van der Waals surface area (Å²) in [5.74, 6) is 0.414. The molecule has 1 aliphatic rings. The average Bonchev–Trinajstić information content (AvgIpc) is 2.76. The quantitative estimate of drug-likeness (QED) is 0.576. The lowest BCUT2D eigenvalue weighted by molar-refractivity contribution is 0.610. The van der Waals surface area contributed by atoms with E-state index in [0.29, 0.717) is 5.92 Å². The van der Waals surface area contributed by atoms with Gasteiger partial charge in [-0.1, -0.05) is 12.1 Å². The van der Waals surface area contributed by atoms with E-state index in [1.54, 1.807) is 6.07 Å². The Kier molecular flexibility index (Phi) is 1.45. The number of hydrogen-bond acceptors (Lipinski definition) is 0. The van der Waals surface area contributed by atoms with E-state index in [2.05, 4.69) is 6.92 Å². The van der Waals surface area contributed by atoms with Gasteiger partial charge in [-0.2, -0.15) is 0 Å². The van der Waals surface area contributed by atoms with Gasteiger partial charge in [-0.15, -0.1) is 0 Å². The topological polar surface area (TPSA) is 0 Å². The van der Waals surface area contributed by atoms with E-state index in [9.17, 15) is 4.39 Å². The first kappa shape index (κ1) is 6.84. The van der Waals surface area contributed by atoms with Crippen molar-refractivity contribution in [1.82, 2.24) is 0 Å². The molecule has 0 unspecified atom stereocenters. The Hall–Kier alpha value is -0.850. The van der Waals surface area contributed by atoms with Gasteiger partial charge in [0.25, 0.3) is 0 Å². The molecule has 11 heavy (non-hydrogen) atoms. The Bertz CT molecular complexity index is 274. The van der Waals surface area contributed by atoms with Crippen molar-refractivity contribution in [2.24, 2.45) is 0 Å². The van der Waals surface area contributed by atoms with Crippen LogP contribution in [0, 0.1) is 12.7 Å². The third-order valence-corrected chi connectivity index (χ3v) is 2.08. The lowest BCUT2D eigenvalue weighted by Crippen LogP contribution is -1.87. The van der Waals surface area contributed by atoms with Gasteiger partial charge in [0.15, 0.2) is 0 Å². The van der Waals surface area contributed by atoms with E-state index < -0.39 is 0 Å². The van der Waals surface area contributed by atoms with Gasteiger partial charge in [-0.3, -0.25) is 0 Å². The summed E-state index contributed by atoms with van der Waals surface area (Å²) < 4.78 is 13.0. The molecule has 0 aliphatic heterocycles. The summed E-state index contributed by atoms with van der Waals surface area (Å²) in [4.78, 5) is 0. The Balaban J connectivity index is 2.42. The van der Waals surface area contributed by atoms with E-state index in [1.165, 1.54) is 6.07 Å². The Morgan fingerprint density at radius 1 is 1.36 bits per heavy atom. The van der Waals surface area contributed by atoms with Crippen LogP contribution >= 0.6 is 0 Å². The van der Waals surface area contributed by atoms with Crippen molar-refractivity contribution in [3.8, 4) is 0 Å². The van der Waals surface area contributed by atoms with Gasteiger partial charge in [-0.05, 0) is 42.9 Å². The monoisotopic (exact) mass is 149 g/mol. The largest absolute Gasteiger partial charge is 0.207 e. The maximum atomic E-state index is 13.0. The van der Waals surface area contributed by atoms with Crippen LogP contribution in [0.1, 0.15) is 29.9 Å². The third kappa shape index (κ3) is 1.28. The Morgan fingerprint density at radius 2 is 2.09 bits per heavy atom. The van der Waals surface area contributed by atoms with Crippen molar-refractivity contribution in [3.05, 3.63) is 42.1 Å². The van der Waals surface area contributed by atoms with Crippen molar-refractivity contribution in [3.63, 3.8) is 0 Å². The SMILES string of the molecule is [CH2]c1ccc(F)c(C2CC2)c1. The van der Waals surface area contributed by atoms with Gasteiger partial charge >= 0.3 is 0 Å². The van der Waals surface area contributed by atoms with Crippen LogP contribution in [0.5, 0.6) is 0 Å². The zero-order valence-corrected chi connectivity index (χ0v) is 6.31. The minimum Gasteiger partial charge on any atom is -0.207 e. The molecular formula is C10H10F. The van der Waals surface area contributed by atoms with Crippen molar-refractivity contribution >= 4 is 0 Å². The minimum atomic E-state index is -0.0695. The van der Waals surface area contributed by atoms with Crippen LogP contribution in [0.3, 0.4) is 0 Å². The molecular weight excluding hydrogens is 139 g/mol. The van der Waals surface area contributed by atoms with Crippen molar-refractivity contribution < 1.29 is 4.39 Å². The Morgan fingerprint density at radius 3 is 2.73 bits per heavy atom. The van der Waals surface area contributed by atoms with Crippen LogP contribution in [0.25, 0.3) is 0 Å². The second kappa shape index (κ2) is 2.33. The molecule has 0 N–H and O–H groups in total. The summed E-state index contributed by atoms with van der Waals surface area (Å²) in [5, 5.41) is 0. The van der Waals surface area contributed by atoms with Gasteiger partial charge in [0, 0.05) is 0 Å². The lowest BCUT2D eigenvalue weighted by Gasteiger charge is -2.00. The lowest BCUT2D eigenvalue weighted by atomic mass is 10.1. The molecule has 0 nitrogen and oxygen atoms in total. The molecule has 1 aromatic rings. The van der Waals surface area contributed by atoms with Crippen molar-refractivity contribution in [1.29, 1.82) is 0 Å². The average molecular weight is 149 g/mol. The summed E-state index contributed by atoms with van der Waals surface area (Å²) in [6.45, 7) is 3.77. The van der Waals surface area contributed by atoms with Crippen molar-refractivity contribution in [2.45, 2.75) is 18.8 Å². The first-order valence-electron chi connectivity index (χ1n) is 3.89. The predicted octanol–water partition coefficient (Wildman–Crippen LogP) is 2.89. The summed E-state index contributed by atoms with van der Waals surface area (Å²) in [5.41, 5.74) is 1.77. The summed E-state index contributed by atoms with van der Waals surface area (Å²) in [7, 11) is 0. The van der Waals surface area contributed by atoms with Crippen LogP contribution in [-0.4, -0.2) is 0 Å². The van der Waals surface area contributed by atoms with Gasteiger partial charge in [0.2, 0.25) is 0 Å². The van der Waals surface area contributed by atoms with Crippen molar-refractivity contribution in [2.75, 3.05) is 0 Å². The maximum Gasteiger partial charge on any atom is 0.126 e. The standard InChI is InChI=1S/C10H10F/c1-7-2-5-10(11)9(6-7)8-3-4-8/h2,5-6,8H,1,3-4H2. The molecule has 0 heterocycles. The highest BCUT2D eigenvalue weighted by molar-refractivity contribution is 5.31. The zero-order valence-electron chi connectivity index (χ0n) is 6.31. The molecule has 57 valence electrons. The van der Waals surface area contributed by atoms with E-state index >= 15 is 0 Å². The smallest absolute Gasteiger partial charge is 0.126 e. The highest BCUT2D eigenvalue weighted by Crippen LogP contribution is 2.41. The van der Waals surface area contributed by atoms with Crippen LogP contribution in [-0.2, 0) is 0 Å². The molecule has 1 radical (unpaired) electrons. The Labute approximate surface area is 66.1 Å². The minimum absolute atomic E-state index is 0.0695. The molecule has 1 fully saturated rings. The third-order valence-electron chi connectivity index (χ3n) is 2.08. The van der Waals surface area contributed by atoms with E-state index in [4.69, 9.17) is 0 Å². The highest BCUT2D eigenvalue weighted by Gasteiger charge is 2.26. The molecule has 0 atom stereocenters. The fourth-order valence-corrected chi connectivity index (χ4v) is 1.30. The maximum absolute atomic E-state index is 13.0. The molecule has 0 aromatic heterocycles. The number of benzene rings is 1. The predicted molar refractivity (Wildman–Crippen MR) is 42.8 cm³/mol. The van der Waals surface area contributed by atoms with E-state index in [-0.39, 0.29) is 5.82 Å². The van der Waals surface area contributed by atoms with Gasteiger partial charge < -0.3 is 0 Å². The van der Waals surface area contributed by atoms with E-state index in [0.717, 1.165) is 24.0 Å². The van der Waals surface area contributed by atoms with E-state index in [1.807, 2.05) is 6.07 Å². The van der Waals surface area contributed by atoms with Gasteiger partial charge in [0.1, 0.15) is 5.82 Å². The summed E-state index contributed by atoms with van der Waals surface area (Å²) in [6, 6.07) is 5.07. The normalized spacial score (nSPS) is 16.9. The number of rotatable bonds is 1. The molecule has 1 aliphatic carbocycles. The van der Waals surface area contributed by atoms with Gasteiger partial charge in [-0.25, -0.2) is 4.39 Å². The van der Waals surface area contributed by atoms with Crippen LogP contribution in [0.15, 0.2) is 18.2 Å². The van der Waals surface area contributed by atoms with Gasteiger partial charge in [0.05, 0.1) is 0 Å². The second-order valence-electron chi connectivity index (χ2n) is 3.13. The summed E-state index contributed by atoms with van der Waals surface area (Å²) >= 11 is 0. The second-order valence-corrected chi connectivity index (χ2v) is 3.13. The molecule has 0 spiro atoms. The fourth-order valence-electron chi connectivity index (χ4n) is 1.30. The number of halogens is 1. The highest BCUT2D eigenvalue weighted by atomic mass is 19.1. The molecule has 1 saturated carbocycles. The summed E-state index contributed by atoms with van der Waals surface area (Å²) in [6.07, 6.45) is 2.28. The molecule has 0 amide bonds. The van der Waals surface area contributed by atoms with Crippen LogP contribution < -0.4 is 0 Å². The zero-order chi connectivity index (χ0) is 7.84. The number of hydrogen-bond donors (Lipinski definition) is 0. The molecule has 2 rings (SSSR count). The molecule has 0 saturated heterocycles. The molecule has 0 bridgehead atoms. The molecule has 1 heteroatoms. The molecule has 1 aromatic carbocycles. The fraction of sp³-hybridized carbons (Fsp3) is 0.300. The first-order chi connectivity index (χ1) is 5.27. The van der Waals surface area contributed by atoms with Crippen LogP contribution in [0.2, 0.25) is 0 Å².